The summed E-state index contributed by atoms with van der Waals surface area (Å²) in [5, 5.41) is 0. The van der Waals surface area contributed by atoms with Crippen LogP contribution in [0.25, 0.3) is 0 Å². The van der Waals surface area contributed by atoms with E-state index >= 15 is 0 Å². The monoisotopic (exact) mass is 289 g/mol. The normalized spacial score (nSPS) is 17.3. The van der Waals surface area contributed by atoms with Crippen LogP contribution in [-0.4, -0.2) is 43.7 Å². The maximum absolute atomic E-state index is 11.7. The molecule has 1 aliphatic heterocycles. The summed E-state index contributed by atoms with van der Waals surface area (Å²) >= 11 is 0. The highest BCUT2D eigenvalue weighted by atomic mass is 16.5. The summed E-state index contributed by atoms with van der Waals surface area (Å²) in [5.74, 6) is -0.205. The molecule has 0 saturated heterocycles. The van der Waals surface area contributed by atoms with Crippen LogP contribution >= 0.6 is 0 Å². The first-order valence-electron chi connectivity index (χ1n) is 7.42. The predicted molar refractivity (Wildman–Crippen MR) is 82.1 cm³/mol. The van der Waals surface area contributed by atoms with Crippen molar-refractivity contribution in [1.82, 2.24) is 4.90 Å². The minimum Gasteiger partial charge on any atom is -0.465 e. The van der Waals surface area contributed by atoms with E-state index in [1.54, 1.807) is 6.08 Å². The van der Waals surface area contributed by atoms with Crippen molar-refractivity contribution in [3.8, 4) is 0 Å². The van der Waals surface area contributed by atoms with Gasteiger partial charge in [-0.2, -0.15) is 0 Å². The van der Waals surface area contributed by atoms with E-state index in [9.17, 15) is 4.79 Å². The van der Waals surface area contributed by atoms with Crippen LogP contribution in [0.2, 0.25) is 0 Å². The van der Waals surface area contributed by atoms with Crippen molar-refractivity contribution >= 4 is 5.97 Å². The molecule has 114 valence electrons. The van der Waals surface area contributed by atoms with Crippen molar-refractivity contribution in [3.05, 3.63) is 48.0 Å². The minimum absolute atomic E-state index is 0.00401. The van der Waals surface area contributed by atoms with Gasteiger partial charge in [-0.1, -0.05) is 30.3 Å². The zero-order valence-corrected chi connectivity index (χ0v) is 12.6. The second-order valence-corrected chi connectivity index (χ2v) is 5.10. The third-order valence-corrected chi connectivity index (χ3v) is 3.56. The molecule has 1 aliphatic rings. The van der Waals surface area contributed by atoms with E-state index < -0.39 is 0 Å². The summed E-state index contributed by atoms with van der Waals surface area (Å²) in [6, 6.07) is 8.34. The Kier molecular flexibility index (Phi) is 5.96. The maximum atomic E-state index is 11.7. The van der Waals surface area contributed by atoms with E-state index in [0.29, 0.717) is 19.7 Å². The van der Waals surface area contributed by atoms with Gasteiger partial charge in [0, 0.05) is 13.1 Å². The van der Waals surface area contributed by atoms with Gasteiger partial charge < -0.3 is 9.47 Å². The molecule has 0 amide bonds. The number of benzene rings is 1. The van der Waals surface area contributed by atoms with Gasteiger partial charge in [-0.15, -0.1) is 6.58 Å². The van der Waals surface area contributed by atoms with Gasteiger partial charge in [0.15, 0.2) is 0 Å². The SMILES string of the molecule is C=CCN(CC(=O)OCC)CC1OCCc2ccccc21. The van der Waals surface area contributed by atoms with Crippen LogP contribution in [0.3, 0.4) is 0 Å². The number of carbonyl (C=O) groups is 1. The van der Waals surface area contributed by atoms with Crippen molar-refractivity contribution in [3.63, 3.8) is 0 Å². The number of rotatable bonds is 7. The lowest BCUT2D eigenvalue weighted by Crippen LogP contribution is -2.36. The van der Waals surface area contributed by atoms with Gasteiger partial charge in [0.1, 0.15) is 0 Å². The molecule has 2 rings (SSSR count). The van der Waals surface area contributed by atoms with Crippen molar-refractivity contribution in [1.29, 1.82) is 0 Å². The molecule has 0 aromatic heterocycles. The second-order valence-electron chi connectivity index (χ2n) is 5.10. The fourth-order valence-corrected chi connectivity index (χ4v) is 2.64. The first kappa shape index (κ1) is 15.7. The van der Waals surface area contributed by atoms with Crippen molar-refractivity contribution in [2.45, 2.75) is 19.4 Å². The Hall–Kier alpha value is -1.65. The third kappa shape index (κ3) is 4.41. The number of fused-ring (bicyclic) bond motifs is 1. The molecule has 1 heterocycles. The topological polar surface area (TPSA) is 38.8 Å². The Morgan fingerprint density at radius 1 is 1.52 bits per heavy atom. The predicted octanol–water partition coefficient (Wildman–Crippen LogP) is 2.35. The average Bonchev–Trinajstić information content (AvgIpc) is 2.48. The molecule has 1 unspecified atom stereocenters. The van der Waals surface area contributed by atoms with Gasteiger partial charge in [0.05, 0.1) is 25.9 Å². The van der Waals surface area contributed by atoms with Crippen LogP contribution in [0.4, 0.5) is 0 Å². The maximum Gasteiger partial charge on any atom is 0.320 e. The Morgan fingerprint density at radius 3 is 3.10 bits per heavy atom. The standard InChI is InChI=1S/C17H23NO3/c1-3-10-18(13-17(19)20-4-2)12-16-15-8-6-5-7-14(15)9-11-21-16/h3,5-8,16H,1,4,9-13H2,2H3. The minimum atomic E-state index is -0.205. The molecule has 4 nitrogen and oxygen atoms in total. The quantitative estimate of drug-likeness (QED) is 0.570. The fourth-order valence-electron chi connectivity index (χ4n) is 2.64. The smallest absolute Gasteiger partial charge is 0.320 e. The first-order valence-corrected chi connectivity index (χ1v) is 7.42. The van der Waals surface area contributed by atoms with Crippen LogP contribution in [0.15, 0.2) is 36.9 Å². The molecule has 0 bridgehead atoms. The molecule has 0 radical (unpaired) electrons. The number of hydrogen-bond donors (Lipinski definition) is 0. The zero-order chi connectivity index (χ0) is 15.1. The summed E-state index contributed by atoms with van der Waals surface area (Å²) < 4.78 is 10.9. The van der Waals surface area contributed by atoms with E-state index in [4.69, 9.17) is 9.47 Å². The van der Waals surface area contributed by atoms with Crippen LogP contribution in [0, 0.1) is 0 Å². The highest BCUT2D eigenvalue weighted by Crippen LogP contribution is 2.27. The number of carbonyl (C=O) groups excluding carboxylic acids is 1. The van der Waals surface area contributed by atoms with E-state index in [0.717, 1.165) is 13.0 Å². The Labute approximate surface area is 126 Å². The van der Waals surface area contributed by atoms with Gasteiger partial charge >= 0.3 is 5.97 Å². The molecule has 0 aliphatic carbocycles. The van der Waals surface area contributed by atoms with E-state index in [-0.39, 0.29) is 18.6 Å². The molecule has 0 fully saturated rings. The molecule has 1 atom stereocenters. The van der Waals surface area contributed by atoms with E-state index in [1.807, 2.05) is 17.9 Å². The van der Waals surface area contributed by atoms with Gasteiger partial charge in [0.25, 0.3) is 0 Å². The van der Waals surface area contributed by atoms with E-state index in [1.165, 1.54) is 11.1 Å². The van der Waals surface area contributed by atoms with Crippen molar-refractivity contribution < 1.29 is 14.3 Å². The number of ether oxygens (including phenoxy) is 2. The fraction of sp³-hybridized carbons (Fsp3) is 0.471. The summed E-state index contributed by atoms with van der Waals surface area (Å²) in [7, 11) is 0. The van der Waals surface area contributed by atoms with Crippen LogP contribution in [0.1, 0.15) is 24.2 Å². The number of hydrogen-bond acceptors (Lipinski definition) is 4. The van der Waals surface area contributed by atoms with E-state index in [2.05, 4.69) is 24.8 Å². The summed E-state index contributed by atoms with van der Waals surface area (Å²) in [5.41, 5.74) is 2.56. The third-order valence-electron chi connectivity index (χ3n) is 3.56. The molecule has 0 saturated carbocycles. The molecule has 0 N–H and O–H groups in total. The highest BCUT2D eigenvalue weighted by molar-refractivity contribution is 5.71. The average molecular weight is 289 g/mol. The molecular weight excluding hydrogens is 266 g/mol. The lowest BCUT2D eigenvalue weighted by atomic mass is 9.97. The second kappa shape index (κ2) is 7.96. The van der Waals surface area contributed by atoms with Crippen LogP contribution in [-0.2, 0) is 20.7 Å². The Balaban J connectivity index is 2.03. The number of nitrogens with zero attached hydrogens (tertiary/aromatic N) is 1. The lowest BCUT2D eigenvalue weighted by Gasteiger charge is -2.30. The van der Waals surface area contributed by atoms with Gasteiger partial charge in [-0.3, -0.25) is 9.69 Å². The van der Waals surface area contributed by atoms with Crippen molar-refractivity contribution in [2.24, 2.45) is 0 Å². The lowest BCUT2D eigenvalue weighted by molar-refractivity contribution is -0.144. The summed E-state index contributed by atoms with van der Waals surface area (Å²) in [6.45, 7) is 8.28. The number of esters is 1. The molecule has 0 spiro atoms. The molecular formula is C17H23NO3. The molecule has 4 heteroatoms. The largest absolute Gasteiger partial charge is 0.465 e. The first-order chi connectivity index (χ1) is 10.2. The van der Waals surface area contributed by atoms with Gasteiger partial charge in [-0.05, 0) is 24.5 Å². The molecule has 1 aromatic carbocycles. The van der Waals surface area contributed by atoms with Crippen LogP contribution < -0.4 is 0 Å². The summed E-state index contributed by atoms with van der Waals surface area (Å²) in [6.07, 6.45) is 2.75. The highest BCUT2D eigenvalue weighted by Gasteiger charge is 2.23. The molecule has 21 heavy (non-hydrogen) atoms. The van der Waals surface area contributed by atoms with Crippen molar-refractivity contribution in [2.75, 3.05) is 32.8 Å². The van der Waals surface area contributed by atoms with Crippen LogP contribution in [0.5, 0.6) is 0 Å². The van der Waals surface area contributed by atoms with Gasteiger partial charge in [0.2, 0.25) is 0 Å². The summed E-state index contributed by atoms with van der Waals surface area (Å²) in [4.78, 5) is 13.7. The Morgan fingerprint density at radius 2 is 2.33 bits per heavy atom. The van der Waals surface area contributed by atoms with Gasteiger partial charge in [-0.25, -0.2) is 0 Å². The zero-order valence-electron chi connectivity index (χ0n) is 12.6. The molecule has 1 aromatic rings. The Bertz CT molecular complexity index is 487.